The molecular formula is C13H26. The Morgan fingerprint density at radius 3 is 2.31 bits per heavy atom. The number of hydrogen-bond acceptors (Lipinski definition) is 0. The van der Waals surface area contributed by atoms with Gasteiger partial charge in [-0.3, -0.25) is 0 Å². The Kier molecular flexibility index (Phi) is 4.28. The van der Waals surface area contributed by atoms with E-state index in [0.717, 1.165) is 23.7 Å². The van der Waals surface area contributed by atoms with Crippen molar-refractivity contribution in [2.75, 3.05) is 0 Å². The molecule has 3 atom stereocenters. The van der Waals surface area contributed by atoms with E-state index in [0.29, 0.717) is 0 Å². The molecule has 0 saturated heterocycles. The quantitative estimate of drug-likeness (QED) is 0.567. The van der Waals surface area contributed by atoms with Gasteiger partial charge in [0.15, 0.2) is 0 Å². The van der Waals surface area contributed by atoms with Gasteiger partial charge in [0.25, 0.3) is 0 Å². The van der Waals surface area contributed by atoms with Crippen molar-refractivity contribution in [1.82, 2.24) is 0 Å². The SMILES string of the molecule is CCCC(C)CCC1CC1C(C)C. The summed E-state index contributed by atoms with van der Waals surface area (Å²) in [7, 11) is 0. The lowest BCUT2D eigenvalue weighted by molar-refractivity contribution is 0.426. The molecule has 0 bridgehead atoms. The zero-order chi connectivity index (χ0) is 9.84. The van der Waals surface area contributed by atoms with E-state index >= 15 is 0 Å². The van der Waals surface area contributed by atoms with Crippen molar-refractivity contribution < 1.29 is 0 Å². The lowest BCUT2D eigenvalue weighted by Gasteiger charge is -2.09. The molecule has 1 fully saturated rings. The zero-order valence-corrected chi connectivity index (χ0v) is 9.84. The Morgan fingerprint density at radius 2 is 1.85 bits per heavy atom. The molecule has 0 aliphatic heterocycles. The molecule has 0 radical (unpaired) electrons. The fourth-order valence-corrected chi connectivity index (χ4v) is 2.56. The van der Waals surface area contributed by atoms with Crippen molar-refractivity contribution in [3.63, 3.8) is 0 Å². The molecule has 3 unspecified atom stereocenters. The van der Waals surface area contributed by atoms with Crippen molar-refractivity contribution in [3.8, 4) is 0 Å². The third kappa shape index (κ3) is 3.70. The summed E-state index contributed by atoms with van der Waals surface area (Å²) in [6.07, 6.45) is 7.29. The largest absolute Gasteiger partial charge is 0.0654 e. The third-order valence-corrected chi connectivity index (χ3v) is 3.65. The van der Waals surface area contributed by atoms with Gasteiger partial charge in [-0.15, -0.1) is 0 Å². The Bertz CT molecular complexity index is 137. The van der Waals surface area contributed by atoms with E-state index in [1.807, 2.05) is 0 Å². The molecule has 0 heterocycles. The second-order valence-electron chi connectivity index (χ2n) is 5.37. The lowest BCUT2D eigenvalue weighted by Crippen LogP contribution is -1.97. The van der Waals surface area contributed by atoms with E-state index in [9.17, 15) is 0 Å². The summed E-state index contributed by atoms with van der Waals surface area (Å²) in [6, 6.07) is 0. The van der Waals surface area contributed by atoms with Gasteiger partial charge in [-0.05, 0) is 36.5 Å². The van der Waals surface area contributed by atoms with E-state index in [-0.39, 0.29) is 0 Å². The second kappa shape index (κ2) is 5.02. The van der Waals surface area contributed by atoms with E-state index in [4.69, 9.17) is 0 Å². The number of hydrogen-bond donors (Lipinski definition) is 0. The van der Waals surface area contributed by atoms with Gasteiger partial charge in [-0.25, -0.2) is 0 Å². The van der Waals surface area contributed by atoms with Gasteiger partial charge < -0.3 is 0 Å². The fourth-order valence-electron chi connectivity index (χ4n) is 2.56. The molecule has 0 N–H and O–H groups in total. The molecular weight excluding hydrogens is 156 g/mol. The van der Waals surface area contributed by atoms with Gasteiger partial charge in [0.1, 0.15) is 0 Å². The van der Waals surface area contributed by atoms with E-state index in [2.05, 4.69) is 27.7 Å². The van der Waals surface area contributed by atoms with Crippen molar-refractivity contribution in [3.05, 3.63) is 0 Å². The van der Waals surface area contributed by atoms with Gasteiger partial charge in [-0.2, -0.15) is 0 Å². The van der Waals surface area contributed by atoms with Crippen LogP contribution in [0.2, 0.25) is 0 Å². The van der Waals surface area contributed by atoms with Crippen LogP contribution in [0.5, 0.6) is 0 Å². The van der Waals surface area contributed by atoms with Crippen LogP contribution >= 0.6 is 0 Å². The molecule has 0 spiro atoms. The molecule has 1 rings (SSSR count). The van der Waals surface area contributed by atoms with Crippen LogP contribution in [-0.4, -0.2) is 0 Å². The summed E-state index contributed by atoms with van der Waals surface area (Å²) >= 11 is 0. The van der Waals surface area contributed by atoms with Crippen molar-refractivity contribution in [1.29, 1.82) is 0 Å². The Hall–Kier alpha value is 0. The first-order valence-electron chi connectivity index (χ1n) is 6.15. The summed E-state index contributed by atoms with van der Waals surface area (Å²) in [5.74, 6) is 4.08. The molecule has 0 heteroatoms. The Balaban J connectivity index is 2.02. The van der Waals surface area contributed by atoms with Crippen LogP contribution in [-0.2, 0) is 0 Å². The van der Waals surface area contributed by atoms with Gasteiger partial charge >= 0.3 is 0 Å². The zero-order valence-electron chi connectivity index (χ0n) is 9.84. The minimum absolute atomic E-state index is 0.937. The van der Waals surface area contributed by atoms with E-state index in [1.54, 1.807) is 0 Å². The predicted octanol–water partition coefficient (Wildman–Crippen LogP) is 4.49. The second-order valence-corrected chi connectivity index (χ2v) is 5.37. The monoisotopic (exact) mass is 182 g/mol. The molecule has 13 heavy (non-hydrogen) atoms. The molecule has 1 saturated carbocycles. The summed E-state index contributed by atoms with van der Waals surface area (Å²) < 4.78 is 0. The average molecular weight is 182 g/mol. The van der Waals surface area contributed by atoms with E-state index in [1.165, 1.54) is 32.1 Å². The molecule has 0 amide bonds. The maximum Gasteiger partial charge on any atom is -0.0360 e. The predicted molar refractivity (Wildman–Crippen MR) is 59.7 cm³/mol. The van der Waals surface area contributed by atoms with E-state index < -0.39 is 0 Å². The number of rotatable bonds is 6. The van der Waals surface area contributed by atoms with Crippen molar-refractivity contribution >= 4 is 0 Å². The third-order valence-electron chi connectivity index (χ3n) is 3.65. The smallest absolute Gasteiger partial charge is 0.0360 e. The average Bonchev–Trinajstić information content (AvgIpc) is 2.80. The summed E-state index contributed by atoms with van der Waals surface area (Å²) in [5, 5.41) is 0. The molecule has 0 aromatic heterocycles. The minimum Gasteiger partial charge on any atom is -0.0654 e. The molecule has 1 aliphatic rings. The van der Waals surface area contributed by atoms with Crippen LogP contribution in [0.15, 0.2) is 0 Å². The highest BCUT2D eigenvalue weighted by Gasteiger charge is 2.38. The highest BCUT2D eigenvalue weighted by Crippen LogP contribution is 2.47. The Labute approximate surface area is 84.1 Å². The van der Waals surface area contributed by atoms with Crippen molar-refractivity contribution in [2.24, 2.45) is 23.7 Å². The Morgan fingerprint density at radius 1 is 1.15 bits per heavy atom. The van der Waals surface area contributed by atoms with Crippen LogP contribution in [0, 0.1) is 23.7 Å². The first-order chi connectivity index (χ1) is 6.15. The normalized spacial score (nSPS) is 29.3. The first-order valence-corrected chi connectivity index (χ1v) is 6.15. The fraction of sp³-hybridized carbons (Fsp3) is 1.00. The highest BCUT2D eigenvalue weighted by atomic mass is 14.4. The molecule has 0 aromatic carbocycles. The standard InChI is InChI=1S/C13H26/c1-5-6-11(4)7-8-12-9-13(12)10(2)3/h10-13H,5-9H2,1-4H3. The summed E-state index contributed by atoms with van der Waals surface area (Å²) in [4.78, 5) is 0. The van der Waals surface area contributed by atoms with Crippen LogP contribution in [0.4, 0.5) is 0 Å². The molecule has 1 aliphatic carbocycles. The molecule has 0 nitrogen and oxygen atoms in total. The first kappa shape index (κ1) is 11.1. The van der Waals surface area contributed by atoms with Gasteiger partial charge in [0.05, 0.1) is 0 Å². The van der Waals surface area contributed by atoms with Crippen LogP contribution in [0.3, 0.4) is 0 Å². The van der Waals surface area contributed by atoms with Gasteiger partial charge in [-0.1, -0.05) is 47.0 Å². The topological polar surface area (TPSA) is 0 Å². The maximum atomic E-state index is 2.41. The lowest BCUT2D eigenvalue weighted by atomic mass is 9.97. The summed E-state index contributed by atoms with van der Waals surface area (Å²) in [6.45, 7) is 9.46. The molecule has 0 aromatic rings. The highest BCUT2D eigenvalue weighted by molar-refractivity contribution is 4.88. The van der Waals surface area contributed by atoms with Gasteiger partial charge in [0, 0.05) is 0 Å². The minimum atomic E-state index is 0.937. The van der Waals surface area contributed by atoms with Crippen LogP contribution in [0.1, 0.15) is 59.8 Å². The van der Waals surface area contributed by atoms with Gasteiger partial charge in [0.2, 0.25) is 0 Å². The van der Waals surface area contributed by atoms with Crippen LogP contribution < -0.4 is 0 Å². The summed E-state index contributed by atoms with van der Waals surface area (Å²) in [5.41, 5.74) is 0. The van der Waals surface area contributed by atoms with Crippen molar-refractivity contribution in [2.45, 2.75) is 59.8 Å². The molecule has 78 valence electrons. The maximum absolute atomic E-state index is 2.41. The van der Waals surface area contributed by atoms with Crippen LogP contribution in [0.25, 0.3) is 0 Å².